The van der Waals surface area contributed by atoms with E-state index in [1.807, 2.05) is 0 Å². The molecule has 0 aromatic rings. The number of hydrogen-bond donors (Lipinski definition) is 0. The van der Waals surface area contributed by atoms with E-state index in [2.05, 4.69) is 21.1 Å². The fourth-order valence-electron chi connectivity index (χ4n) is 0.976. The summed E-state index contributed by atoms with van der Waals surface area (Å²) in [7, 11) is 0. The summed E-state index contributed by atoms with van der Waals surface area (Å²) in [5.74, 6) is -10.8. The smallest absolute Gasteiger partial charge is 0.337 e. The Labute approximate surface area is 130 Å². The first-order chi connectivity index (χ1) is 10.4. The molecule has 24 heavy (non-hydrogen) atoms. The highest BCUT2D eigenvalue weighted by Gasteiger charge is 2.66. The van der Waals surface area contributed by atoms with Crippen LogP contribution in [0.3, 0.4) is 0 Å². The van der Waals surface area contributed by atoms with E-state index in [0.717, 1.165) is 0 Å². The van der Waals surface area contributed by atoms with Crippen molar-refractivity contribution in [2.24, 2.45) is 0 Å². The summed E-state index contributed by atoms with van der Waals surface area (Å²) in [6.45, 7) is -4.91. The fraction of sp³-hybridized carbons (Fsp3) is 0.889. The van der Waals surface area contributed by atoms with E-state index >= 15 is 0 Å². The number of carbonyl (C=O) groups is 1. The first kappa shape index (κ1) is 23.1. The quantitative estimate of drug-likeness (QED) is 0.470. The third kappa shape index (κ3) is 5.88. The summed E-state index contributed by atoms with van der Waals surface area (Å²) < 4.78 is 142. The first-order valence-corrected chi connectivity index (χ1v) is 5.79. The number of rotatable bonds is 7. The molecule has 0 aliphatic carbocycles. The highest BCUT2D eigenvalue weighted by Crippen LogP contribution is 2.41. The average molecular weight is 407 g/mol. The van der Waals surface area contributed by atoms with Crippen molar-refractivity contribution in [2.75, 3.05) is 13.2 Å². The zero-order valence-corrected chi connectivity index (χ0v) is 11.6. The average Bonchev–Trinajstić information content (AvgIpc) is 2.31. The topological polar surface area (TPSA) is 35.5 Å². The SMILES string of the molecule is O=C(Cl)C(F)(OCC(F)(OCCC(F)(F)F)C(F)(F)F)C(F)(F)F. The lowest BCUT2D eigenvalue weighted by atomic mass is 10.3. The van der Waals surface area contributed by atoms with Gasteiger partial charge in [-0.1, -0.05) is 0 Å². The van der Waals surface area contributed by atoms with Crippen LogP contribution in [0.4, 0.5) is 48.3 Å². The maximum atomic E-state index is 13.5. The molecule has 0 rings (SSSR count). The molecule has 0 saturated carbocycles. The van der Waals surface area contributed by atoms with Crippen molar-refractivity contribution in [2.45, 2.75) is 36.7 Å². The predicted molar refractivity (Wildman–Crippen MR) is 53.2 cm³/mol. The van der Waals surface area contributed by atoms with Crippen molar-refractivity contribution in [3.63, 3.8) is 0 Å². The van der Waals surface area contributed by atoms with Crippen molar-refractivity contribution >= 4 is 16.8 Å². The van der Waals surface area contributed by atoms with Gasteiger partial charge in [-0.25, -0.2) is 0 Å². The fourth-order valence-corrected chi connectivity index (χ4v) is 1.14. The van der Waals surface area contributed by atoms with Crippen LogP contribution in [0.5, 0.6) is 0 Å². The van der Waals surface area contributed by atoms with Gasteiger partial charge in [0.1, 0.15) is 6.61 Å². The number of halogens is 12. The van der Waals surface area contributed by atoms with E-state index in [1.165, 1.54) is 0 Å². The minimum Gasteiger partial charge on any atom is -0.337 e. The van der Waals surface area contributed by atoms with Crippen molar-refractivity contribution in [1.82, 2.24) is 0 Å². The predicted octanol–water partition coefficient (Wildman–Crippen LogP) is 4.19. The molecule has 0 aromatic heterocycles. The van der Waals surface area contributed by atoms with Crippen LogP contribution in [0, 0.1) is 0 Å². The van der Waals surface area contributed by atoms with Gasteiger partial charge >= 0.3 is 30.2 Å². The number of alkyl halides is 11. The molecule has 0 fully saturated rings. The molecule has 0 aliphatic rings. The minimum absolute atomic E-state index is 1.97. The van der Waals surface area contributed by atoms with Gasteiger partial charge in [0.2, 0.25) is 0 Å². The van der Waals surface area contributed by atoms with E-state index in [9.17, 15) is 53.1 Å². The first-order valence-electron chi connectivity index (χ1n) is 5.41. The highest BCUT2D eigenvalue weighted by atomic mass is 35.5. The molecule has 0 radical (unpaired) electrons. The van der Waals surface area contributed by atoms with Gasteiger partial charge in [-0.2, -0.15) is 48.3 Å². The Morgan fingerprint density at radius 3 is 1.54 bits per heavy atom. The summed E-state index contributed by atoms with van der Waals surface area (Å²) >= 11 is 4.22. The Morgan fingerprint density at radius 1 is 0.792 bits per heavy atom. The van der Waals surface area contributed by atoms with Gasteiger partial charge in [0.25, 0.3) is 5.24 Å². The lowest BCUT2D eigenvalue weighted by Crippen LogP contribution is -2.55. The Morgan fingerprint density at radius 2 is 1.25 bits per heavy atom. The van der Waals surface area contributed by atoms with E-state index in [-0.39, 0.29) is 0 Å². The van der Waals surface area contributed by atoms with Crippen LogP contribution in [0.2, 0.25) is 0 Å². The maximum absolute atomic E-state index is 13.5. The monoisotopic (exact) mass is 406 g/mol. The molecule has 0 saturated heterocycles. The minimum atomic E-state index is -6.29. The molecule has 3 nitrogen and oxygen atoms in total. The summed E-state index contributed by atoms with van der Waals surface area (Å²) in [5.41, 5.74) is 0. The van der Waals surface area contributed by atoms with Gasteiger partial charge < -0.3 is 9.47 Å². The van der Waals surface area contributed by atoms with Crippen molar-refractivity contribution in [1.29, 1.82) is 0 Å². The molecule has 2 unspecified atom stereocenters. The van der Waals surface area contributed by atoms with Crippen LogP contribution in [-0.4, -0.2) is 48.7 Å². The summed E-state index contributed by atoms with van der Waals surface area (Å²) in [4.78, 5) is 10.4. The van der Waals surface area contributed by atoms with Gasteiger partial charge in [-0.3, -0.25) is 4.79 Å². The lowest BCUT2D eigenvalue weighted by Gasteiger charge is -2.31. The van der Waals surface area contributed by atoms with Gasteiger partial charge in [0.05, 0.1) is 13.0 Å². The highest BCUT2D eigenvalue weighted by molar-refractivity contribution is 6.65. The second kappa shape index (κ2) is 7.15. The molecule has 0 heterocycles. The lowest BCUT2D eigenvalue weighted by molar-refractivity contribution is -0.379. The van der Waals surface area contributed by atoms with Crippen molar-refractivity contribution < 1.29 is 62.6 Å². The third-order valence-electron chi connectivity index (χ3n) is 2.21. The van der Waals surface area contributed by atoms with Gasteiger partial charge in [-0.05, 0) is 11.6 Å². The molecular weight excluding hydrogens is 401 g/mol. The maximum Gasteiger partial charge on any atom is 0.457 e. The molecule has 0 aliphatic heterocycles. The van der Waals surface area contributed by atoms with Crippen LogP contribution in [-0.2, 0) is 14.3 Å². The molecule has 0 bridgehead atoms. The molecule has 15 heteroatoms. The second-order valence-corrected chi connectivity index (χ2v) is 4.44. The van der Waals surface area contributed by atoms with E-state index in [1.54, 1.807) is 0 Å². The van der Waals surface area contributed by atoms with Crippen LogP contribution >= 0.6 is 11.6 Å². The van der Waals surface area contributed by atoms with Gasteiger partial charge in [0, 0.05) is 0 Å². The molecule has 0 spiro atoms. The zero-order valence-electron chi connectivity index (χ0n) is 10.9. The van der Waals surface area contributed by atoms with Crippen LogP contribution < -0.4 is 0 Å². The number of carbonyl (C=O) groups excluding carboxylic acids is 1. The van der Waals surface area contributed by atoms with Crippen molar-refractivity contribution in [3.8, 4) is 0 Å². The third-order valence-corrected chi connectivity index (χ3v) is 2.46. The molecule has 2 atom stereocenters. The molecule has 0 amide bonds. The zero-order chi connectivity index (χ0) is 19.6. The molecule has 144 valence electrons. The molecule has 0 N–H and O–H groups in total. The summed E-state index contributed by atoms with van der Waals surface area (Å²) in [6, 6.07) is 0. The van der Waals surface area contributed by atoms with E-state index in [4.69, 9.17) is 0 Å². The standard InChI is InChI=1S/C9H6ClF11O3/c10-4(22)7(15,9(19,20)21)24-3-5(11,8(16,17)18)23-2-1-6(12,13)14/h1-3H2. The largest absolute Gasteiger partial charge is 0.457 e. The Bertz CT molecular complexity index is 445. The molecular formula is C9H6ClF11O3. The van der Waals surface area contributed by atoms with Crippen LogP contribution in [0.25, 0.3) is 0 Å². The number of hydrogen-bond acceptors (Lipinski definition) is 3. The summed E-state index contributed by atoms with van der Waals surface area (Å²) in [6.07, 6.45) is -19.7. The van der Waals surface area contributed by atoms with Crippen LogP contribution in [0.15, 0.2) is 0 Å². The number of ether oxygens (including phenoxy) is 2. The second-order valence-electron chi connectivity index (χ2n) is 4.10. The Balaban J connectivity index is 5.26. The van der Waals surface area contributed by atoms with E-state index < -0.39 is 55.1 Å². The normalized spacial score (nSPS) is 18.8. The Hall–Kier alpha value is -0.890. The molecule has 0 aromatic carbocycles. The van der Waals surface area contributed by atoms with E-state index in [0.29, 0.717) is 0 Å². The van der Waals surface area contributed by atoms with Crippen molar-refractivity contribution in [3.05, 3.63) is 0 Å². The Kier molecular flexibility index (Phi) is 6.89. The van der Waals surface area contributed by atoms with Crippen LogP contribution in [0.1, 0.15) is 6.42 Å². The van der Waals surface area contributed by atoms with Gasteiger partial charge in [0.15, 0.2) is 0 Å². The van der Waals surface area contributed by atoms with Gasteiger partial charge in [-0.15, -0.1) is 0 Å². The summed E-state index contributed by atoms with van der Waals surface area (Å²) in [5, 5.41) is -2.98.